The molecule has 2 heterocycles. The first-order valence-electron chi connectivity index (χ1n) is 10.4. The second kappa shape index (κ2) is 8.29. The lowest BCUT2D eigenvalue weighted by Gasteiger charge is -2.54. The number of hydrogen-bond acceptors (Lipinski definition) is 4. The van der Waals surface area contributed by atoms with E-state index in [4.69, 9.17) is 9.47 Å². The van der Waals surface area contributed by atoms with E-state index in [2.05, 4.69) is 9.80 Å². The van der Waals surface area contributed by atoms with Gasteiger partial charge in [0.1, 0.15) is 0 Å². The number of benzene rings is 1. The zero-order valence-electron chi connectivity index (χ0n) is 16.4. The Bertz CT molecular complexity index is 632. The number of piperidine rings is 1. The maximum Gasteiger partial charge on any atom is 0.253 e. The molecule has 1 saturated carbocycles. The van der Waals surface area contributed by atoms with Gasteiger partial charge in [0.15, 0.2) is 0 Å². The standard InChI is InChI=1S/C22H32N2O3/c1-26-17-22-9-7-20(23-11-13-27-14-12-23)15-19(22)8-10-24(16-22)21(25)18-5-3-2-4-6-18/h2-6,19-20H,7-17H2,1H3/t19-,20-,22+/m1/s1. The molecule has 1 amide bonds. The smallest absolute Gasteiger partial charge is 0.253 e. The van der Waals surface area contributed by atoms with Gasteiger partial charge < -0.3 is 14.4 Å². The summed E-state index contributed by atoms with van der Waals surface area (Å²) in [5, 5.41) is 0. The SMILES string of the molecule is COC[C@@]12CC[C@@H](N3CCOCC3)C[C@H]1CCN(C(=O)c1ccccc1)C2. The fourth-order valence-corrected chi connectivity index (χ4v) is 5.49. The van der Waals surface area contributed by atoms with Crippen LogP contribution in [0.1, 0.15) is 36.0 Å². The molecule has 5 heteroatoms. The summed E-state index contributed by atoms with van der Waals surface area (Å²) in [6, 6.07) is 10.4. The second-order valence-corrected chi connectivity index (χ2v) is 8.45. The fourth-order valence-electron chi connectivity index (χ4n) is 5.49. The second-order valence-electron chi connectivity index (χ2n) is 8.45. The van der Waals surface area contributed by atoms with E-state index in [-0.39, 0.29) is 11.3 Å². The molecule has 0 N–H and O–H groups in total. The predicted octanol–water partition coefficient (Wildman–Crippen LogP) is 2.67. The Kier molecular flexibility index (Phi) is 5.81. The van der Waals surface area contributed by atoms with Crippen LogP contribution >= 0.6 is 0 Å². The fraction of sp³-hybridized carbons (Fsp3) is 0.682. The summed E-state index contributed by atoms with van der Waals surface area (Å²) in [7, 11) is 1.80. The van der Waals surface area contributed by atoms with Crippen LogP contribution in [0.5, 0.6) is 0 Å². The van der Waals surface area contributed by atoms with Crippen molar-refractivity contribution in [1.29, 1.82) is 0 Å². The molecule has 27 heavy (non-hydrogen) atoms. The highest BCUT2D eigenvalue weighted by Crippen LogP contribution is 2.48. The average Bonchev–Trinajstić information content (AvgIpc) is 2.74. The van der Waals surface area contributed by atoms with Crippen molar-refractivity contribution in [2.45, 2.75) is 31.7 Å². The van der Waals surface area contributed by atoms with Crippen molar-refractivity contribution in [2.24, 2.45) is 11.3 Å². The first-order chi connectivity index (χ1) is 13.2. The van der Waals surface area contributed by atoms with E-state index >= 15 is 0 Å². The van der Waals surface area contributed by atoms with Crippen LogP contribution in [0, 0.1) is 11.3 Å². The molecule has 0 bridgehead atoms. The molecule has 1 aromatic rings. The third kappa shape index (κ3) is 3.91. The van der Waals surface area contributed by atoms with Crippen LogP contribution in [0.3, 0.4) is 0 Å². The number of rotatable bonds is 4. The Morgan fingerprint density at radius 2 is 1.96 bits per heavy atom. The maximum atomic E-state index is 13.0. The minimum atomic E-state index is 0.111. The molecule has 3 atom stereocenters. The number of morpholine rings is 1. The largest absolute Gasteiger partial charge is 0.384 e. The summed E-state index contributed by atoms with van der Waals surface area (Å²) in [6.45, 7) is 6.30. The number of nitrogens with zero attached hydrogens (tertiary/aromatic N) is 2. The normalized spacial score (nSPS) is 32.1. The minimum Gasteiger partial charge on any atom is -0.384 e. The summed E-state index contributed by atoms with van der Waals surface area (Å²) in [5.41, 5.74) is 0.908. The highest BCUT2D eigenvalue weighted by atomic mass is 16.5. The highest BCUT2D eigenvalue weighted by Gasteiger charge is 2.48. The van der Waals surface area contributed by atoms with Gasteiger partial charge in [-0.2, -0.15) is 0 Å². The zero-order valence-corrected chi connectivity index (χ0v) is 16.4. The van der Waals surface area contributed by atoms with Crippen LogP contribution in [0.25, 0.3) is 0 Å². The Morgan fingerprint density at radius 3 is 2.70 bits per heavy atom. The van der Waals surface area contributed by atoms with E-state index in [1.807, 2.05) is 30.3 Å². The van der Waals surface area contributed by atoms with Crippen LogP contribution < -0.4 is 0 Å². The molecule has 0 unspecified atom stereocenters. The molecule has 3 fully saturated rings. The van der Waals surface area contributed by atoms with Crippen molar-refractivity contribution >= 4 is 5.91 Å². The molecule has 2 aliphatic heterocycles. The van der Waals surface area contributed by atoms with Gasteiger partial charge in [-0.15, -0.1) is 0 Å². The molecule has 0 aromatic heterocycles. The van der Waals surface area contributed by atoms with Crippen LogP contribution in [0.15, 0.2) is 30.3 Å². The Labute approximate surface area is 162 Å². The van der Waals surface area contributed by atoms with Gasteiger partial charge in [0.2, 0.25) is 0 Å². The number of carbonyl (C=O) groups excluding carboxylic acids is 1. The maximum absolute atomic E-state index is 13.0. The monoisotopic (exact) mass is 372 g/mol. The molecule has 0 radical (unpaired) electrons. The van der Waals surface area contributed by atoms with Gasteiger partial charge in [-0.05, 0) is 43.7 Å². The number of amides is 1. The van der Waals surface area contributed by atoms with E-state index in [1.54, 1.807) is 7.11 Å². The third-order valence-corrected chi connectivity index (χ3v) is 6.95. The molecule has 0 spiro atoms. The number of likely N-dealkylation sites (tertiary alicyclic amines) is 1. The first-order valence-corrected chi connectivity index (χ1v) is 10.4. The van der Waals surface area contributed by atoms with Crippen molar-refractivity contribution in [3.63, 3.8) is 0 Å². The summed E-state index contributed by atoms with van der Waals surface area (Å²) in [6.07, 6.45) is 4.67. The lowest BCUT2D eigenvalue weighted by molar-refractivity contribution is -0.0792. The lowest BCUT2D eigenvalue weighted by Crippen LogP contribution is -2.58. The third-order valence-electron chi connectivity index (χ3n) is 6.95. The minimum absolute atomic E-state index is 0.111. The summed E-state index contributed by atoms with van der Waals surface area (Å²) < 4.78 is 11.2. The van der Waals surface area contributed by atoms with Gasteiger partial charge in [-0.3, -0.25) is 9.69 Å². The van der Waals surface area contributed by atoms with Gasteiger partial charge in [-0.1, -0.05) is 18.2 Å². The van der Waals surface area contributed by atoms with Gasteiger partial charge in [0.25, 0.3) is 5.91 Å². The molecule has 1 aromatic carbocycles. The number of hydrogen-bond donors (Lipinski definition) is 0. The summed E-state index contributed by atoms with van der Waals surface area (Å²) >= 11 is 0. The quantitative estimate of drug-likeness (QED) is 0.815. The summed E-state index contributed by atoms with van der Waals surface area (Å²) in [5.74, 6) is 0.804. The molecule has 148 valence electrons. The van der Waals surface area contributed by atoms with Crippen LogP contribution in [0.4, 0.5) is 0 Å². The van der Waals surface area contributed by atoms with Crippen molar-refractivity contribution in [1.82, 2.24) is 9.80 Å². The number of methoxy groups -OCH3 is 1. The van der Waals surface area contributed by atoms with E-state index in [9.17, 15) is 4.79 Å². The highest BCUT2D eigenvalue weighted by molar-refractivity contribution is 5.94. The van der Waals surface area contributed by atoms with Gasteiger partial charge in [0, 0.05) is 50.3 Å². The first kappa shape index (κ1) is 18.9. The Morgan fingerprint density at radius 1 is 1.19 bits per heavy atom. The lowest BCUT2D eigenvalue weighted by atomic mass is 9.61. The number of ether oxygens (including phenoxy) is 2. The topological polar surface area (TPSA) is 42.0 Å². The summed E-state index contributed by atoms with van der Waals surface area (Å²) in [4.78, 5) is 17.7. The number of fused-ring (bicyclic) bond motifs is 1. The van der Waals surface area contributed by atoms with E-state index in [0.717, 1.165) is 64.4 Å². The molecule has 4 rings (SSSR count). The van der Waals surface area contributed by atoms with Crippen LogP contribution in [-0.2, 0) is 9.47 Å². The predicted molar refractivity (Wildman–Crippen MR) is 105 cm³/mol. The van der Waals surface area contributed by atoms with Gasteiger partial charge >= 0.3 is 0 Å². The zero-order chi connectivity index (χ0) is 18.7. The Hall–Kier alpha value is -1.43. The molecule has 3 aliphatic rings. The van der Waals surface area contributed by atoms with E-state index in [1.165, 1.54) is 12.8 Å². The van der Waals surface area contributed by atoms with Gasteiger partial charge in [0.05, 0.1) is 19.8 Å². The van der Waals surface area contributed by atoms with Gasteiger partial charge in [-0.25, -0.2) is 0 Å². The molecular formula is C22H32N2O3. The number of carbonyl (C=O) groups is 1. The average molecular weight is 373 g/mol. The van der Waals surface area contributed by atoms with Crippen molar-refractivity contribution in [3.8, 4) is 0 Å². The van der Waals surface area contributed by atoms with Crippen molar-refractivity contribution < 1.29 is 14.3 Å². The van der Waals surface area contributed by atoms with Crippen LogP contribution in [0.2, 0.25) is 0 Å². The van der Waals surface area contributed by atoms with Crippen molar-refractivity contribution in [3.05, 3.63) is 35.9 Å². The molecule has 1 aliphatic carbocycles. The Balaban J connectivity index is 1.46. The van der Waals surface area contributed by atoms with Crippen molar-refractivity contribution in [2.75, 3.05) is 53.1 Å². The van der Waals surface area contributed by atoms with E-state index in [0.29, 0.717) is 12.0 Å². The molecule has 2 saturated heterocycles. The van der Waals surface area contributed by atoms with Crippen LogP contribution in [-0.4, -0.2) is 74.9 Å². The van der Waals surface area contributed by atoms with E-state index < -0.39 is 0 Å². The molecule has 5 nitrogen and oxygen atoms in total. The molecular weight excluding hydrogens is 340 g/mol.